The maximum Gasteiger partial charge on any atom is 0.305 e. The second-order valence-corrected chi connectivity index (χ2v) is 6.43. The minimum atomic E-state index is -0.173. The van der Waals surface area contributed by atoms with Crippen LogP contribution in [-0.2, 0) is 9.53 Å². The summed E-state index contributed by atoms with van der Waals surface area (Å²) in [4.78, 5) is 23.6. The van der Waals surface area contributed by atoms with E-state index >= 15 is 0 Å². The molecule has 2 aromatic rings. The Morgan fingerprint density at radius 1 is 1.25 bits per heavy atom. The molecule has 0 bridgehead atoms. The zero-order valence-electron chi connectivity index (χ0n) is 11.3. The maximum atomic E-state index is 11.9. The lowest BCUT2D eigenvalue weighted by Crippen LogP contribution is -2.23. The Labute approximate surface area is 125 Å². The van der Waals surface area contributed by atoms with E-state index < -0.39 is 0 Å². The predicted octanol–water partition coefficient (Wildman–Crippen LogP) is 3.43. The van der Waals surface area contributed by atoms with Crippen molar-refractivity contribution in [1.82, 2.24) is 5.32 Å². The van der Waals surface area contributed by atoms with Gasteiger partial charge in [-0.1, -0.05) is 6.42 Å². The minimum Gasteiger partial charge on any atom is -0.469 e. The number of carbonyl (C=O) groups excluding carboxylic acids is 2. The predicted molar refractivity (Wildman–Crippen MR) is 82.5 cm³/mol. The molecule has 0 radical (unpaired) electrons. The first-order chi connectivity index (χ1) is 9.70. The highest BCUT2D eigenvalue weighted by Crippen LogP contribution is 2.29. The van der Waals surface area contributed by atoms with E-state index in [1.165, 1.54) is 27.8 Å². The van der Waals surface area contributed by atoms with Crippen LogP contribution in [0.4, 0.5) is 0 Å². The van der Waals surface area contributed by atoms with Crippen molar-refractivity contribution < 1.29 is 14.3 Å². The molecule has 0 aromatic carbocycles. The van der Waals surface area contributed by atoms with Crippen molar-refractivity contribution >= 4 is 43.9 Å². The van der Waals surface area contributed by atoms with Gasteiger partial charge in [-0.2, -0.15) is 0 Å². The molecular weight excluding hydrogens is 294 g/mol. The van der Waals surface area contributed by atoms with E-state index in [0.717, 1.165) is 24.1 Å². The summed E-state index contributed by atoms with van der Waals surface area (Å²) >= 11 is 3.18. The number of rotatable bonds is 7. The van der Waals surface area contributed by atoms with Crippen LogP contribution in [0.5, 0.6) is 0 Å². The molecule has 0 unspecified atom stereocenters. The highest BCUT2D eigenvalue weighted by molar-refractivity contribution is 7.27. The lowest BCUT2D eigenvalue weighted by Gasteiger charge is -2.03. The number of hydrogen-bond acceptors (Lipinski definition) is 5. The zero-order chi connectivity index (χ0) is 14.4. The van der Waals surface area contributed by atoms with Crippen LogP contribution in [0.15, 0.2) is 17.5 Å². The quantitative estimate of drug-likeness (QED) is 0.629. The first-order valence-corrected chi connectivity index (χ1v) is 8.22. The number of esters is 1. The molecule has 108 valence electrons. The molecule has 0 saturated carbocycles. The number of methoxy groups -OCH3 is 1. The normalized spacial score (nSPS) is 10.7. The fourth-order valence-corrected chi connectivity index (χ4v) is 3.86. The molecule has 0 saturated heterocycles. The van der Waals surface area contributed by atoms with E-state index in [4.69, 9.17) is 0 Å². The van der Waals surface area contributed by atoms with E-state index in [9.17, 15) is 9.59 Å². The first-order valence-electron chi connectivity index (χ1n) is 6.53. The van der Waals surface area contributed by atoms with Gasteiger partial charge < -0.3 is 10.1 Å². The summed E-state index contributed by atoms with van der Waals surface area (Å²) in [6, 6.07) is 3.98. The molecule has 6 heteroatoms. The van der Waals surface area contributed by atoms with Gasteiger partial charge in [-0.3, -0.25) is 9.59 Å². The van der Waals surface area contributed by atoms with Crippen LogP contribution in [0.1, 0.15) is 35.4 Å². The van der Waals surface area contributed by atoms with Crippen molar-refractivity contribution in [2.75, 3.05) is 13.7 Å². The van der Waals surface area contributed by atoms with E-state index in [2.05, 4.69) is 10.1 Å². The molecule has 0 aliphatic heterocycles. The van der Waals surface area contributed by atoms with Crippen molar-refractivity contribution in [3.8, 4) is 0 Å². The Balaban J connectivity index is 1.65. The van der Waals surface area contributed by atoms with Gasteiger partial charge in [0.2, 0.25) is 0 Å². The highest BCUT2D eigenvalue weighted by Gasteiger charge is 2.10. The fourth-order valence-electron chi connectivity index (χ4n) is 1.84. The summed E-state index contributed by atoms with van der Waals surface area (Å²) in [5, 5.41) is 4.94. The molecule has 0 aliphatic carbocycles. The van der Waals surface area contributed by atoms with Gasteiger partial charge in [0, 0.05) is 22.4 Å². The SMILES string of the molecule is COC(=O)CCCCCNC(=O)c1cc2sccc2s1. The van der Waals surface area contributed by atoms with Gasteiger partial charge in [0.1, 0.15) is 0 Å². The average Bonchev–Trinajstić information content (AvgIpc) is 3.03. The Kier molecular flexibility index (Phi) is 5.55. The van der Waals surface area contributed by atoms with E-state index in [0.29, 0.717) is 13.0 Å². The third-order valence-electron chi connectivity index (χ3n) is 2.93. The Morgan fingerprint density at radius 3 is 2.85 bits per heavy atom. The van der Waals surface area contributed by atoms with Gasteiger partial charge in [0.25, 0.3) is 5.91 Å². The summed E-state index contributed by atoms with van der Waals surface area (Å²) in [5.74, 6) is -0.181. The molecule has 4 nitrogen and oxygen atoms in total. The Hall–Kier alpha value is -1.40. The van der Waals surface area contributed by atoms with Gasteiger partial charge in [-0.05, 0) is 30.4 Å². The van der Waals surface area contributed by atoms with Gasteiger partial charge in [0.05, 0.1) is 12.0 Å². The maximum absolute atomic E-state index is 11.9. The van der Waals surface area contributed by atoms with Crippen LogP contribution in [0.3, 0.4) is 0 Å². The van der Waals surface area contributed by atoms with Gasteiger partial charge in [-0.15, -0.1) is 22.7 Å². The summed E-state index contributed by atoms with van der Waals surface area (Å²) < 4.78 is 6.90. The van der Waals surface area contributed by atoms with Crippen molar-refractivity contribution in [2.24, 2.45) is 0 Å². The first kappa shape index (κ1) is 15.0. The van der Waals surface area contributed by atoms with Crippen LogP contribution >= 0.6 is 22.7 Å². The van der Waals surface area contributed by atoms with Crippen molar-refractivity contribution in [3.05, 3.63) is 22.4 Å². The molecule has 2 heterocycles. The summed E-state index contributed by atoms with van der Waals surface area (Å²) in [6.07, 6.45) is 3.04. The summed E-state index contributed by atoms with van der Waals surface area (Å²) in [5.41, 5.74) is 0. The zero-order valence-corrected chi connectivity index (χ0v) is 12.9. The molecule has 0 aliphatic rings. The molecule has 20 heavy (non-hydrogen) atoms. The minimum absolute atomic E-state index is 0.00799. The Bertz CT molecular complexity index is 560. The van der Waals surface area contributed by atoms with Crippen molar-refractivity contribution in [1.29, 1.82) is 0 Å². The second-order valence-electron chi connectivity index (χ2n) is 4.40. The topological polar surface area (TPSA) is 55.4 Å². The standard InChI is InChI=1S/C14H17NO3S2/c1-18-13(16)5-3-2-4-7-15-14(17)12-9-11-10(20-12)6-8-19-11/h6,8-9H,2-5,7H2,1H3,(H,15,17). The molecule has 1 amide bonds. The number of carbonyl (C=O) groups is 2. The largest absolute Gasteiger partial charge is 0.469 e. The van der Waals surface area contributed by atoms with E-state index in [1.807, 2.05) is 17.5 Å². The molecule has 0 atom stereocenters. The molecular formula is C14H17NO3S2. The van der Waals surface area contributed by atoms with Crippen molar-refractivity contribution in [3.63, 3.8) is 0 Å². The molecule has 2 aromatic heterocycles. The van der Waals surface area contributed by atoms with E-state index in [-0.39, 0.29) is 11.9 Å². The number of amides is 1. The number of ether oxygens (including phenoxy) is 1. The van der Waals surface area contributed by atoms with E-state index in [1.54, 1.807) is 11.3 Å². The van der Waals surface area contributed by atoms with Crippen LogP contribution in [-0.4, -0.2) is 25.5 Å². The van der Waals surface area contributed by atoms with Gasteiger partial charge in [-0.25, -0.2) is 0 Å². The smallest absolute Gasteiger partial charge is 0.305 e. The number of unbranched alkanes of at least 4 members (excludes halogenated alkanes) is 2. The molecule has 0 spiro atoms. The summed E-state index contributed by atoms with van der Waals surface area (Å²) in [6.45, 7) is 0.644. The third-order valence-corrected chi connectivity index (χ3v) is 5.03. The number of hydrogen-bond donors (Lipinski definition) is 1. The fraction of sp³-hybridized carbons (Fsp3) is 0.429. The second kappa shape index (κ2) is 7.40. The third kappa shape index (κ3) is 4.05. The monoisotopic (exact) mass is 311 g/mol. The lowest BCUT2D eigenvalue weighted by molar-refractivity contribution is -0.140. The van der Waals surface area contributed by atoms with Crippen molar-refractivity contribution in [2.45, 2.75) is 25.7 Å². The summed E-state index contributed by atoms with van der Waals surface area (Å²) in [7, 11) is 1.40. The van der Waals surface area contributed by atoms with Crippen LogP contribution < -0.4 is 5.32 Å². The van der Waals surface area contributed by atoms with Gasteiger partial charge >= 0.3 is 5.97 Å². The number of nitrogens with one attached hydrogen (secondary N) is 1. The van der Waals surface area contributed by atoms with Crippen LogP contribution in [0, 0.1) is 0 Å². The van der Waals surface area contributed by atoms with Crippen LogP contribution in [0.2, 0.25) is 0 Å². The van der Waals surface area contributed by atoms with Crippen LogP contribution in [0.25, 0.3) is 9.40 Å². The number of thiophene rings is 2. The highest BCUT2D eigenvalue weighted by atomic mass is 32.1. The molecule has 1 N–H and O–H groups in total. The lowest BCUT2D eigenvalue weighted by atomic mass is 10.2. The average molecular weight is 311 g/mol. The number of fused-ring (bicyclic) bond motifs is 1. The molecule has 2 rings (SSSR count). The Morgan fingerprint density at radius 2 is 2.10 bits per heavy atom. The van der Waals surface area contributed by atoms with Gasteiger partial charge in [0.15, 0.2) is 0 Å². The molecule has 0 fully saturated rings.